The molecule has 1 heterocycles. The van der Waals surface area contributed by atoms with E-state index in [1.807, 2.05) is 46.8 Å². The molecule has 0 aromatic heterocycles. The van der Waals surface area contributed by atoms with Gasteiger partial charge in [-0.05, 0) is 44.7 Å². The van der Waals surface area contributed by atoms with Gasteiger partial charge in [-0.3, -0.25) is 4.79 Å². The molecule has 29 heavy (non-hydrogen) atoms. The number of quaternary nitrogens is 1. The van der Waals surface area contributed by atoms with Crippen molar-refractivity contribution in [2.24, 2.45) is 5.92 Å². The Hall–Kier alpha value is -1.95. The molecule has 0 spiro atoms. The highest BCUT2D eigenvalue weighted by Gasteiger charge is 2.35. The molecule has 0 radical (unpaired) electrons. The standard InChI is InChI=1S/C21H32N4O3S/c1-15(2)21(6,14-22)23-19(26)13-24-7-9-25(10-8-24)29(27,28)20-17(4)11-16(3)12-18(20)5/h11-12,15H,7-10,13H2,1-6H3,(H,23,26)/p+1/t21-/m1/s1. The van der Waals surface area contributed by atoms with Crippen molar-refractivity contribution in [2.45, 2.75) is 52.0 Å². The van der Waals surface area contributed by atoms with Crippen LogP contribution in [0.2, 0.25) is 0 Å². The zero-order chi connectivity index (χ0) is 22.0. The van der Waals surface area contributed by atoms with Gasteiger partial charge in [0.05, 0.1) is 37.1 Å². The number of rotatable bonds is 6. The first-order valence-corrected chi connectivity index (χ1v) is 11.5. The van der Waals surface area contributed by atoms with Crippen LogP contribution < -0.4 is 10.2 Å². The van der Waals surface area contributed by atoms with E-state index in [2.05, 4.69) is 11.4 Å². The molecular weight excluding hydrogens is 388 g/mol. The minimum absolute atomic E-state index is 0.00516. The van der Waals surface area contributed by atoms with Gasteiger partial charge in [0.1, 0.15) is 5.54 Å². The topological polar surface area (TPSA) is 94.7 Å². The highest BCUT2D eigenvalue weighted by molar-refractivity contribution is 7.89. The first kappa shape index (κ1) is 23.3. The van der Waals surface area contributed by atoms with Crippen LogP contribution in [0, 0.1) is 38.0 Å². The molecule has 0 unspecified atom stereocenters. The van der Waals surface area contributed by atoms with Gasteiger partial charge in [-0.25, -0.2) is 8.42 Å². The SMILES string of the molecule is Cc1cc(C)c(S(=O)(=O)N2CC[NH+](CC(=O)N[C@](C)(C#N)C(C)C)CC2)c(C)c1. The van der Waals surface area contributed by atoms with E-state index in [0.717, 1.165) is 21.6 Å². The summed E-state index contributed by atoms with van der Waals surface area (Å²) in [6.07, 6.45) is 0. The monoisotopic (exact) mass is 421 g/mol. The number of hydrogen-bond donors (Lipinski definition) is 2. The Balaban J connectivity index is 2.02. The number of aryl methyl sites for hydroxylation is 3. The van der Waals surface area contributed by atoms with Crippen molar-refractivity contribution in [3.8, 4) is 6.07 Å². The Morgan fingerprint density at radius 1 is 1.24 bits per heavy atom. The van der Waals surface area contributed by atoms with Crippen molar-refractivity contribution in [2.75, 3.05) is 32.7 Å². The molecule has 0 bridgehead atoms. The molecule has 0 saturated carbocycles. The maximum atomic E-state index is 13.2. The molecule has 1 aromatic rings. The number of carbonyl (C=O) groups excluding carboxylic acids is 1. The lowest BCUT2D eigenvalue weighted by atomic mass is 9.90. The molecule has 1 saturated heterocycles. The summed E-state index contributed by atoms with van der Waals surface area (Å²) in [6.45, 7) is 13.2. The molecule has 1 aliphatic heterocycles. The predicted molar refractivity (Wildman–Crippen MR) is 112 cm³/mol. The molecule has 1 fully saturated rings. The van der Waals surface area contributed by atoms with E-state index >= 15 is 0 Å². The normalized spacial score (nSPS) is 18.3. The van der Waals surface area contributed by atoms with Crippen molar-refractivity contribution < 1.29 is 18.1 Å². The molecule has 160 valence electrons. The van der Waals surface area contributed by atoms with Crippen molar-refractivity contribution >= 4 is 15.9 Å². The summed E-state index contributed by atoms with van der Waals surface area (Å²) in [5.41, 5.74) is 1.68. The minimum atomic E-state index is -3.56. The summed E-state index contributed by atoms with van der Waals surface area (Å²) in [7, 11) is -3.56. The molecular formula is C21H33N4O3S+. The Kier molecular flexibility index (Phi) is 7.10. The number of nitrogens with zero attached hydrogens (tertiary/aromatic N) is 2. The van der Waals surface area contributed by atoms with E-state index in [9.17, 15) is 18.5 Å². The van der Waals surface area contributed by atoms with Crippen LogP contribution in [0.5, 0.6) is 0 Å². The first-order chi connectivity index (χ1) is 13.4. The fourth-order valence-electron chi connectivity index (χ4n) is 3.78. The minimum Gasteiger partial charge on any atom is -0.333 e. The molecule has 1 aliphatic rings. The van der Waals surface area contributed by atoms with E-state index in [1.165, 1.54) is 4.31 Å². The van der Waals surface area contributed by atoms with Gasteiger partial charge < -0.3 is 10.2 Å². The van der Waals surface area contributed by atoms with Crippen LogP contribution in [0.4, 0.5) is 0 Å². The van der Waals surface area contributed by atoms with Gasteiger partial charge in [0.25, 0.3) is 5.91 Å². The van der Waals surface area contributed by atoms with Crippen LogP contribution in [-0.2, 0) is 14.8 Å². The summed E-state index contributed by atoms with van der Waals surface area (Å²) in [5, 5.41) is 12.2. The van der Waals surface area contributed by atoms with Gasteiger partial charge in [0, 0.05) is 0 Å². The molecule has 2 rings (SSSR count). The summed E-state index contributed by atoms with van der Waals surface area (Å²) in [6, 6.07) is 5.97. The first-order valence-electron chi connectivity index (χ1n) is 10.0. The Labute approximate surface area is 174 Å². The highest BCUT2D eigenvalue weighted by atomic mass is 32.2. The van der Waals surface area contributed by atoms with E-state index in [-0.39, 0.29) is 18.4 Å². The predicted octanol–water partition coefficient (Wildman–Crippen LogP) is 0.556. The summed E-state index contributed by atoms with van der Waals surface area (Å²) >= 11 is 0. The average molecular weight is 422 g/mol. The molecule has 7 nitrogen and oxygen atoms in total. The smallest absolute Gasteiger partial charge is 0.276 e. The fourth-order valence-corrected chi connectivity index (χ4v) is 5.64. The van der Waals surface area contributed by atoms with Gasteiger partial charge in [-0.1, -0.05) is 31.5 Å². The second-order valence-electron chi connectivity index (χ2n) is 8.58. The molecule has 1 amide bonds. The number of amides is 1. The second-order valence-corrected chi connectivity index (χ2v) is 10.5. The van der Waals surface area contributed by atoms with Gasteiger partial charge in [0.15, 0.2) is 6.54 Å². The Morgan fingerprint density at radius 3 is 2.21 bits per heavy atom. The zero-order valence-electron chi connectivity index (χ0n) is 18.3. The maximum absolute atomic E-state index is 13.2. The van der Waals surface area contributed by atoms with Gasteiger partial charge in [-0.2, -0.15) is 9.57 Å². The van der Waals surface area contributed by atoms with Gasteiger partial charge >= 0.3 is 0 Å². The summed E-state index contributed by atoms with van der Waals surface area (Å²) in [5.74, 6) is -0.186. The van der Waals surface area contributed by atoms with Crippen LogP contribution in [-0.4, -0.2) is 56.9 Å². The lowest BCUT2D eigenvalue weighted by Gasteiger charge is -2.33. The third-order valence-electron chi connectivity index (χ3n) is 5.83. The van der Waals surface area contributed by atoms with E-state index in [0.29, 0.717) is 31.1 Å². The highest BCUT2D eigenvalue weighted by Crippen LogP contribution is 2.25. The van der Waals surface area contributed by atoms with Crippen LogP contribution in [0.15, 0.2) is 17.0 Å². The molecule has 1 atom stereocenters. The lowest BCUT2D eigenvalue weighted by molar-refractivity contribution is -0.895. The third-order valence-corrected chi connectivity index (χ3v) is 8.03. The maximum Gasteiger partial charge on any atom is 0.276 e. The van der Waals surface area contributed by atoms with Crippen LogP contribution in [0.3, 0.4) is 0 Å². The lowest BCUT2D eigenvalue weighted by Crippen LogP contribution is -3.16. The number of benzene rings is 1. The van der Waals surface area contributed by atoms with E-state index < -0.39 is 15.6 Å². The number of carbonyl (C=O) groups is 1. The third kappa shape index (κ3) is 5.16. The summed E-state index contributed by atoms with van der Waals surface area (Å²) < 4.78 is 27.9. The van der Waals surface area contributed by atoms with Crippen LogP contribution in [0.25, 0.3) is 0 Å². The summed E-state index contributed by atoms with van der Waals surface area (Å²) in [4.78, 5) is 13.8. The number of nitriles is 1. The number of piperazine rings is 1. The van der Waals surface area contributed by atoms with Crippen molar-refractivity contribution in [3.63, 3.8) is 0 Å². The molecule has 2 N–H and O–H groups in total. The number of nitrogens with one attached hydrogen (secondary N) is 2. The quantitative estimate of drug-likeness (QED) is 0.702. The average Bonchev–Trinajstić information content (AvgIpc) is 2.60. The number of sulfonamides is 1. The Bertz CT molecular complexity index is 889. The largest absolute Gasteiger partial charge is 0.333 e. The molecule has 0 aliphatic carbocycles. The molecule has 8 heteroatoms. The second kappa shape index (κ2) is 8.82. The van der Waals surface area contributed by atoms with Crippen molar-refractivity contribution in [1.29, 1.82) is 5.26 Å². The fraction of sp³-hybridized carbons (Fsp3) is 0.619. The Morgan fingerprint density at radius 2 is 1.76 bits per heavy atom. The van der Waals surface area contributed by atoms with Gasteiger partial charge in [0.2, 0.25) is 10.0 Å². The van der Waals surface area contributed by atoms with Crippen LogP contribution >= 0.6 is 0 Å². The van der Waals surface area contributed by atoms with E-state index in [4.69, 9.17) is 0 Å². The van der Waals surface area contributed by atoms with Crippen molar-refractivity contribution in [3.05, 3.63) is 28.8 Å². The zero-order valence-corrected chi connectivity index (χ0v) is 19.1. The van der Waals surface area contributed by atoms with Crippen molar-refractivity contribution in [1.82, 2.24) is 9.62 Å². The molecule has 1 aromatic carbocycles. The van der Waals surface area contributed by atoms with E-state index in [1.54, 1.807) is 6.92 Å². The van der Waals surface area contributed by atoms with Gasteiger partial charge in [-0.15, -0.1) is 0 Å². The van der Waals surface area contributed by atoms with Crippen LogP contribution in [0.1, 0.15) is 37.5 Å². The number of hydrogen-bond acceptors (Lipinski definition) is 4.